The van der Waals surface area contributed by atoms with Crippen molar-refractivity contribution in [3.05, 3.63) is 146 Å². The summed E-state index contributed by atoms with van der Waals surface area (Å²) in [4.78, 5) is 0. The van der Waals surface area contributed by atoms with Crippen LogP contribution in [0.2, 0.25) is 0 Å². The molecule has 0 atom stereocenters. The zero-order valence-corrected chi connectivity index (χ0v) is 21.3. The van der Waals surface area contributed by atoms with Gasteiger partial charge in [-0.2, -0.15) is 0 Å². The minimum Gasteiger partial charge on any atom is -0.0619 e. The first-order chi connectivity index (χ1) is 16.3. The van der Waals surface area contributed by atoms with Gasteiger partial charge in [-0.25, -0.2) is 0 Å². The summed E-state index contributed by atoms with van der Waals surface area (Å²) in [6, 6.07) is 30.2. The molecule has 0 aliphatic heterocycles. The highest BCUT2D eigenvalue weighted by Gasteiger charge is 2.42. The quantitative estimate of drug-likeness (QED) is 0.278. The molecule has 4 aromatic carbocycles. The van der Waals surface area contributed by atoms with E-state index in [2.05, 4.69) is 126 Å². The fraction of sp³-hybridized carbons (Fsp3) is 0.235. The van der Waals surface area contributed by atoms with Gasteiger partial charge >= 0.3 is 0 Å². The van der Waals surface area contributed by atoms with Crippen LogP contribution in [-0.4, -0.2) is 0 Å². The topological polar surface area (TPSA) is 0 Å². The van der Waals surface area contributed by atoms with Crippen molar-refractivity contribution in [1.29, 1.82) is 0 Å². The van der Waals surface area contributed by atoms with Crippen LogP contribution >= 0.6 is 0 Å². The first-order valence-corrected chi connectivity index (χ1v) is 12.3. The van der Waals surface area contributed by atoms with Crippen molar-refractivity contribution in [3.8, 4) is 0 Å². The summed E-state index contributed by atoms with van der Waals surface area (Å²) in [7, 11) is 0. The Kier molecular flexibility index (Phi) is 5.56. The third kappa shape index (κ3) is 3.82. The lowest BCUT2D eigenvalue weighted by molar-refractivity contribution is 0.708. The number of benzene rings is 4. The van der Waals surface area contributed by atoms with Gasteiger partial charge < -0.3 is 0 Å². The van der Waals surface area contributed by atoms with Crippen LogP contribution in [0.4, 0.5) is 0 Å². The van der Waals surface area contributed by atoms with Crippen LogP contribution in [0.5, 0.6) is 0 Å². The number of hydrogen-bond acceptors (Lipinski definition) is 0. The molecular formula is C34H34. The molecule has 0 fully saturated rings. The van der Waals surface area contributed by atoms with E-state index < -0.39 is 0 Å². The van der Waals surface area contributed by atoms with E-state index in [-0.39, 0.29) is 5.41 Å². The second-order valence-electron chi connectivity index (χ2n) is 10.4. The van der Waals surface area contributed by atoms with Crippen LogP contribution in [0.1, 0.15) is 61.2 Å². The Labute approximate surface area is 205 Å². The van der Waals surface area contributed by atoms with Gasteiger partial charge in [0.2, 0.25) is 0 Å². The Bertz CT molecular complexity index is 1240. The van der Waals surface area contributed by atoms with Crippen molar-refractivity contribution in [2.75, 3.05) is 0 Å². The zero-order valence-electron chi connectivity index (χ0n) is 21.3. The molecule has 0 saturated heterocycles. The van der Waals surface area contributed by atoms with Gasteiger partial charge in [-0.3, -0.25) is 0 Å². The highest BCUT2D eigenvalue weighted by molar-refractivity contribution is 5.73. The van der Waals surface area contributed by atoms with E-state index in [1.54, 1.807) is 0 Å². The van der Waals surface area contributed by atoms with Gasteiger partial charge in [0.15, 0.2) is 0 Å². The van der Waals surface area contributed by atoms with E-state index in [0.717, 1.165) is 6.42 Å². The molecule has 0 spiro atoms. The molecule has 170 valence electrons. The Balaban J connectivity index is 1.94. The summed E-state index contributed by atoms with van der Waals surface area (Å²) < 4.78 is 0. The molecule has 4 aromatic rings. The van der Waals surface area contributed by atoms with Gasteiger partial charge in [0.25, 0.3) is 0 Å². The molecule has 0 unspecified atom stereocenters. The van der Waals surface area contributed by atoms with Crippen molar-refractivity contribution < 1.29 is 0 Å². The molecule has 0 amide bonds. The highest BCUT2D eigenvalue weighted by atomic mass is 14.4. The largest absolute Gasteiger partial charge is 0.0668 e. The maximum absolute atomic E-state index is 2.46. The number of fused-ring (bicyclic) bond motifs is 1. The molecule has 1 aliphatic carbocycles. The van der Waals surface area contributed by atoms with Crippen LogP contribution in [0.25, 0.3) is 6.08 Å². The molecule has 5 rings (SSSR count). The van der Waals surface area contributed by atoms with Gasteiger partial charge in [-0.05, 0) is 81.4 Å². The number of rotatable bonds is 4. The first kappa shape index (κ1) is 22.4. The summed E-state index contributed by atoms with van der Waals surface area (Å²) in [5.74, 6) is 0. The molecule has 34 heavy (non-hydrogen) atoms. The van der Waals surface area contributed by atoms with E-state index in [4.69, 9.17) is 0 Å². The maximum atomic E-state index is 2.46. The highest BCUT2D eigenvalue weighted by Crippen LogP contribution is 2.50. The Morgan fingerprint density at radius 1 is 0.500 bits per heavy atom. The van der Waals surface area contributed by atoms with Crippen LogP contribution in [0, 0.1) is 41.5 Å². The SMILES string of the molecule is Cc1cc(C)cc(C(C2=Cc3ccccc3C2)(c2cc(C)cc(C)c2)c2cc(C)cc(C)c2)c1. The van der Waals surface area contributed by atoms with Crippen molar-refractivity contribution in [3.63, 3.8) is 0 Å². The molecular weight excluding hydrogens is 408 g/mol. The fourth-order valence-electron chi connectivity index (χ4n) is 6.15. The van der Waals surface area contributed by atoms with Crippen LogP contribution in [-0.2, 0) is 11.8 Å². The third-order valence-electron chi connectivity index (χ3n) is 7.21. The maximum Gasteiger partial charge on any atom is 0.0668 e. The van der Waals surface area contributed by atoms with Crippen molar-refractivity contribution in [1.82, 2.24) is 0 Å². The molecule has 0 aromatic heterocycles. The van der Waals surface area contributed by atoms with E-state index >= 15 is 0 Å². The molecule has 0 saturated carbocycles. The fourth-order valence-corrected chi connectivity index (χ4v) is 6.15. The minimum absolute atomic E-state index is 0.358. The minimum atomic E-state index is -0.358. The standard InChI is InChI=1S/C34H34/c1-22-11-23(2)15-30(14-22)34(31-16-24(3)12-25(4)17-31,32-18-26(5)13-27(6)19-32)33-20-28-9-7-8-10-29(28)21-33/h7-20H,21H2,1-6H3. The molecule has 1 aliphatic rings. The predicted molar refractivity (Wildman–Crippen MR) is 146 cm³/mol. The lowest BCUT2D eigenvalue weighted by Crippen LogP contribution is -2.33. The smallest absolute Gasteiger partial charge is 0.0619 e. The van der Waals surface area contributed by atoms with E-state index in [9.17, 15) is 0 Å². The van der Waals surface area contributed by atoms with Gasteiger partial charge in [0.05, 0.1) is 5.41 Å². The molecule has 0 N–H and O–H groups in total. The van der Waals surface area contributed by atoms with E-state index in [0.29, 0.717) is 0 Å². The number of allylic oxidation sites excluding steroid dienone is 1. The van der Waals surface area contributed by atoms with Gasteiger partial charge in [-0.15, -0.1) is 0 Å². The van der Waals surface area contributed by atoms with Crippen molar-refractivity contribution in [2.24, 2.45) is 0 Å². The van der Waals surface area contributed by atoms with Gasteiger partial charge in [0.1, 0.15) is 0 Å². The second kappa shape index (κ2) is 8.44. The van der Waals surface area contributed by atoms with Crippen LogP contribution in [0.15, 0.2) is 84.4 Å². The molecule has 0 nitrogen and oxygen atoms in total. The summed E-state index contributed by atoms with van der Waals surface area (Å²) in [5.41, 5.74) is 15.8. The van der Waals surface area contributed by atoms with Gasteiger partial charge in [-0.1, -0.05) is 118 Å². The molecule has 0 heteroatoms. The zero-order chi connectivity index (χ0) is 24.0. The lowest BCUT2D eigenvalue weighted by atomic mass is 9.63. The Hall–Kier alpha value is -3.38. The number of hydrogen-bond donors (Lipinski definition) is 0. The third-order valence-corrected chi connectivity index (χ3v) is 7.21. The Morgan fingerprint density at radius 2 is 0.882 bits per heavy atom. The summed E-state index contributed by atoms with van der Waals surface area (Å²) >= 11 is 0. The van der Waals surface area contributed by atoms with Gasteiger partial charge in [0, 0.05) is 0 Å². The van der Waals surface area contributed by atoms with E-state index in [1.807, 2.05) is 0 Å². The predicted octanol–water partition coefficient (Wildman–Crippen LogP) is 8.51. The normalized spacial score (nSPS) is 13.1. The lowest BCUT2D eigenvalue weighted by Gasteiger charge is -2.39. The monoisotopic (exact) mass is 442 g/mol. The second-order valence-corrected chi connectivity index (χ2v) is 10.4. The van der Waals surface area contributed by atoms with Crippen LogP contribution < -0.4 is 0 Å². The van der Waals surface area contributed by atoms with Crippen molar-refractivity contribution in [2.45, 2.75) is 53.4 Å². The van der Waals surface area contributed by atoms with Crippen molar-refractivity contribution >= 4 is 6.08 Å². The summed E-state index contributed by atoms with van der Waals surface area (Å²) in [5, 5.41) is 0. The van der Waals surface area contributed by atoms with Crippen LogP contribution in [0.3, 0.4) is 0 Å². The summed E-state index contributed by atoms with van der Waals surface area (Å²) in [6.07, 6.45) is 3.42. The first-order valence-electron chi connectivity index (χ1n) is 12.3. The average Bonchev–Trinajstić information content (AvgIpc) is 3.16. The average molecular weight is 443 g/mol. The summed E-state index contributed by atoms with van der Waals surface area (Å²) in [6.45, 7) is 13.3. The molecule has 0 bridgehead atoms. The molecule has 0 heterocycles. The Morgan fingerprint density at radius 3 is 1.26 bits per heavy atom. The molecule has 0 radical (unpaired) electrons. The number of aryl methyl sites for hydroxylation is 6. The van der Waals surface area contributed by atoms with E-state index in [1.165, 1.54) is 66.8 Å².